The largest absolute Gasteiger partial charge is 0.355 e. The molecule has 5 nitrogen and oxygen atoms in total. The first-order valence-electron chi connectivity index (χ1n) is 3.41. The number of fused-ring (bicyclic) bond motifs is 1. The van der Waals surface area contributed by atoms with Crippen molar-refractivity contribution in [3.05, 3.63) is 21.3 Å². The molecule has 0 aromatic carbocycles. The van der Waals surface area contributed by atoms with E-state index in [2.05, 4.69) is 15.3 Å². The van der Waals surface area contributed by atoms with E-state index < -0.39 is 5.62 Å². The molecule has 0 aliphatic carbocycles. The number of hydrogen-bond donors (Lipinski definition) is 2. The Balaban J connectivity index is 2.90. The third kappa shape index (κ3) is 0.937. The van der Waals surface area contributed by atoms with Crippen molar-refractivity contribution in [3.63, 3.8) is 0 Å². The highest BCUT2D eigenvalue weighted by atomic mass is 35.5. The van der Waals surface area contributed by atoms with Crippen LogP contribution in [0.5, 0.6) is 0 Å². The molecule has 64 valence electrons. The fourth-order valence-corrected chi connectivity index (χ4v) is 1.24. The predicted octanol–water partition coefficient (Wildman–Crippen LogP) is -1.80. The first kappa shape index (κ1) is 7.42. The van der Waals surface area contributed by atoms with E-state index in [9.17, 15) is 4.79 Å². The summed E-state index contributed by atoms with van der Waals surface area (Å²) in [5.41, 5.74) is -0.0924. The lowest BCUT2D eigenvalue weighted by molar-refractivity contribution is 0.729. The zero-order valence-corrected chi connectivity index (χ0v) is 7.09. The monoisotopic (exact) mass is 186 g/mol. The quantitative estimate of drug-likeness (QED) is 0.371. The van der Waals surface area contributed by atoms with Gasteiger partial charge in [-0.15, -0.1) is 0 Å². The van der Waals surface area contributed by atoms with Gasteiger partial charge in [-0.2, -0.15) is 0 Å². The van der Waals surface area contributed by atoms with Gasteiger partial charge in [-0.1, -0.05) is 11.6 Å². The van der Waals surface area contributed by atoms with Gasteiger partial charge < -0.3 is 10.3 Å². The van der Waals surface area contributed by atoms with E-state index in [1.54, 1.807) is 13.2 Å². The lowest BCUT2D eigenvalue weighted by atomic mass is 10.6. The van der Waals surface area contributed by atoms with Crippen molar-refractivity contribution in [3.8, 4) is 0 Å². The second-order valence-corrected chi connectivity index (χ2v) is 2.92. The number of alkyl halides is 1. The summed E-state index contributed by atoms with van der Waals surface area (Å²) in [5, 5.41) is 3.44. The van der Waals surface area contributed by atoms with Gasteiger partial charge in [0.2, 0.25) is 0 Å². The Hall–Kier alpha value is -1.23. The molecule has 1 aromatic heterocycles. The molecule has 0 amide bonds. The lowest BCUT2D eigenvalue weighted by Gasteiger charge is -2.05. The maximum atomic E-state index is 11.1. The Kier molecular flexibility index (Phi) is 1.47. The molecule has 0 radical (unpaired) electrons. The highest BCUT2D eigenvalue weighted by Gasteiger charge is 2.06. The van der Waals surface area contributed by atoms with Crippen molar-refractivity contribution in [2.45, 2.75) is 5.62 Å². The van der Waals surface area contributed by atoms with Crippen molar-refractivity contribution < 1.29 is 0 Å². The van der Waals surface area contributed by atoms with Gasteiger partial charge in [-0.25, -0.2) is 9.79 Å². The van der Waals surface area contributed by atoms with Crippen LogP contribution in [-0.4, -0.2) is 15.2 Å². The minimum atomic E-state index is -0.487. The Morgan fingerprint density at radius 3 is 3.25 bits per heavy atom. The van der Waals surface area contributed by atoms with Crippen molar-refractivity contribution >= 4 is 17.8 Å². The van der Waals surface area contributed by atoms with Crippen LogP contribution in [0.2, 0.25) is 0 Å². The smallest absolute Gasteiger partial charge is 0.327 e. The topological polar surface area (TPSA) is 62.2 Å². The number of halogens is 1. The summed E-state index contributed by atoms with van der Waals surface area (Å²) in [6, 6.07) is 0. The van der Waals surface area contributed by atoms with Crippen LogP contribution in [0.1, 0.15) is 0 Å². The number of aromatic amines is 1. The highest BCUT2D eigenvalue weighted by Crippen LogP contribution is 1.90. The zero-order valence-electron chi connectivity index (χ0n) is 6.34. The number of nitrogens with one attached hydrogen (secondary N) is 2. The summed E-state index contributed by atoms with van der Waals surface area (Å²) in [4.78, 5) is 17.7. The molecule has 1 atom stereocenters. The molecule has 1 aromatic rings. The number of nitrogens with zero attached hydrogens (tertiary/aromatic N) is 2. The third-order valence-corrected chi connectivity index (χ3v) is 1.93. The molecule has 1 aliphatic rings. The molecule has 6 heteroatoms. The first-order valence-corrected chi connectivity index (χ1v) is 3.85. The van der Waals surface area contributed by atoms with E-state index in [0.29, 0.717) is 10.8 Å². The van der Waals surface area contributed by atoms with E-state index in [4.69, 9.17) is 11.6 Å². The maximum absolute atomic E-state index is 11.1. The molecule has 12 heavy (non-hydrogen) atoms. The Morgan fingerprint density at radius 2 is 2.50 bits per heavy atom. The number of hydrogen-bond acceptors (Lipinski definition) is 3. The van der Waals surface area contributed by atoms with E-state index in [0.717, 1.165) is 0 Å². The van der Waals surface area contributed by atoms with Gasteiger partial charge in [-0.05, 0) is 0 Å². The SMILES string of the molecule is Cn1c(=O)[nH]c2c1=NC(Cl)NC=2. The molecule has 1 aliphatic heterocycles. The summed E-state index contributed by atoms with van der Waals surface area (Å²) in [6.07, 6.45) is 1.64. The molecule has 2 heterocycles. The van der Waals surface area contributed by atoms with Gasteiger partial charge >= 0.3 is 5.69 Å². The lowest BCUT2D eigenvalue weighted by Crippen LogP contribution is -2.39. The summed E-state index contributed by atoms with van der Waals surface area (Å²) in [7, 11) is 1.64. The van der Waals surface area contributed by atoms with Gasteiger partial charge in [0, 0.05) is 13.2 Å². The molecule has 0 bridgehead atoms. The van der Waals surface area contributed by atoms with Crippen LogP contribution < -0.4 is 21.8 Å². The standard InChI is InChI=1S/C6H7ClN4O/c1-11-4-3(9-6(11)12)2-8-5(7)10-4/h2,5,8H,1H3,(H,9,12). The van der Waals surface area contributed by atoms with Crippen molar-refractivity contribution in [1.29, 1.82) is 0 Å². The minimum absolute atomic E-state index is 0.187. The number of H-pyrrole nitrogens is 1. The molecular formula is C6H7ClN4O. The molecule has 0 saturated carbocycles. The van der Waals surface area contributed by atoms with Crippen LogP contribution in [0.25, 0.3) is 6.20 Å². The number of imidazole rings is 1. The van der Waals surface area contributed by atoms with Crippen LogP contribution in [0.3, 0.4) is 0 Å². The van der Waals surface area contributed by atoms with Gasteiger partial charge in [0.1, 0.15) is 5.35 Å². The summed E-state index contributed by atoms with van der Waals surface area (Å²) in [5.74, 6) is 0. The van der Waals surface area contributed by atoms with Gasteiger partial charge in [0.15, 0.2) is 11.1 Å². The number of rotatable bonds is 0. The van der Waals surface area contributed by atoms with Gasteiger partial charge in [0.05, 0.1) is 0 Å². The van der Waals surface area contributed by atoms with E-state index >= 15 is 0 Å². The predicted molar refractivity (Wildman–Crippen MR) is 44.1 cm³/mol. The second kappa shape index (κ2) is 2.38. The summed E-state index contributed by atoms with van der Waals surface area (Å²) in [6.45, 7) is 0. The zero-order chi connectivity index (χ0) is 8.72. The van der Waals surface area contributed by atoms with Gasteiger partial charge in [-0.3, -0.25) is 4.57 Å². The molecule has 1 unspecified atom stereocenters. The van der Waals surface area contributed by atoms with Crippen molar-refractivity contribution in [2.24, 2.45) is 12.0 Å². The molecule has 0 spiro atoms. The summed E-state index contributed by atoms with van der Waals surface area (Å²) < 4.78 is 1.42. The Labute approximate surface area is 72.4 Å². The van der Waals surface area contributed by atoms with E-state index in [1.807, 2.05) is 0 Å². The first-order chi connectivity index (χ1) is 5.68. The molecule has 2 N–H and O–H groups in total. The Morgan fingerprint density at radius 1 is 1.75 bits per heavy atom. The normalized spacial score (nSPS) is 20.3. The molecule has 0 saturated heterocycles. The highest BCUT2D eigenvalue weighted by molar-refractivity contribution is 6.20. The Bertz CT molecular complexity index is 471. The van der Waals surface area contributed by atoms with Crippen molar-refractivity contribution in [1.82, 2.24) is 14.9 Å². The van der Waals surface area contributed by atoms with E-state index in [-0.39, 0.29) is 5.69 Å². The van der Waals surface area contributed by atoms with E-state index in [1.165, 1.54) is 4.57 Å². The third-order valence-electron chi connectivity index (χ3n) is 1.71. The fraction of sp³-hybridized carbons (Fsp3) is 0.333. The van der Waals surface area contributed by atoms with Crippen LogP contribution in [0, 0.1) is 0 Å². The maximum Gasteiger partial charge on any atom is 0.327 e. The van der Waals surface area contributed by atoms with Gasteiger partial charge in [0.25, 0.3) is 0 Å². The van der Waals surface area contributed by atoms with Crippen LogP contribution >= 0.6 is 11.6 Å². The summed E-state index contributed by atoms with van der Waals surface area (Å²) >= 11 is 5.69. The minimum Gasteiger partial charge on any atom is -0.355 e. The fourth-order valence-electron chi connectivity index (χ4n) is 1.09. The average Bonchev–Trinajstić information content (AvgIpc) is 2.31. The second-order valence-electron chi connectivity index (χ2n) is 2.50. The molecular weight excluding hydrogens is 180 g/mol. The average molecular weight is 187 g/mol. The van der Waals surface area contributed by atoms with Crippen LogP contribution in [0.15, 0.2) is 9.79 Å². The molecule has 2 rings (SSSR count). The van der Waals surface area contributed by atoms with Crippen LogP contribution in [-0.2, 0) is 7.05 Å². The number of aromatic nitrogens is 2. The van der Waals surface area contributed by atoms with Crippen molar-refractivity contribution in [2.75, 3.05) is 0 Å². The van der Waals surface area contributed by atoms with Crippen LogP contribution in [0.4, 0.5) is 0 Å². The molecule has 0 fully saturated rings.